The highest BCUT2D eigenvalue weighted by Gasteiger charge is 2.06. The lowest BCUT2D eigenvalue weighted by Gasteiger charge is -2.06. The molecule has 0 unspecified atom stereocenters. The molecule has 0 amide bonds. The molecule has 1 aromatic heterocycles. The Hall–Kier alpha value is -1.55. The summed E-state index contributed by atoms with van der Waals surface area (Å²) in [4.78, 5) is 11.5. The summed E-state index contributed by atoms with van der Waals surface area (Å²) in [5, 5.41) is 0. The molecule has 2 aromatic rings. The highest BCUT2D eigenvalue weighted by molar-refractivity contribution is 9.10. The Morgan fingerprint density at radius 2 is 1.94 bits per heavy atom. The fourth-order valence-corrected chi connectivity index (χ4v) is 1.67. The van der Waals surface area contributed by atoms with E-state index in [4.69, 9.17) is 9.15 Å². The molecule has 0 bridgehead atoms. The van der Waals surface area contributed by atoms with Crippen molar-refractivity contribution in [2.24, 2.45) is 0 Å². The molecule has 3 nitrogen and oxygen atoms in total. The maximum absolute atomic E-state index is 11.5. The second kappa shape index (κ2) is 5.19. The smallest absolute Gasteiger partial charge is 0.227 e. The van der Waals surface area contributed by atoms with Gasteiger partial charge in [-0.15, -0.1) is 0 Å². The zero-order chi connectivity index (χ0) is 12.3. The fourth-order valence-electron chi connectivity index (χ4n) is 1.41. The molecule has 0 radical (unpaired) electrons. The minimum absolute atomic E-state index is 0.161. The Morgan fingerprint density at radius 3 is 2.59 bits per heavy atom. The number of benzene rings is 1. The predicted octanol–water partition coefficient (Wildman–Crippen LogP) is 3.29. The minimum Gasteiger partial charge on any atom is -0.482 e. The van der Waals surface area contributed by atoms with Gasteiger partial charge in [-0.05, 0) is 24.6 Å². The van der Waals surface area contributed by atoms with Crippen LogP contribution in [-0.4, -0.2) is 0 Å². The van der Waals surface area contributed by atoms with Gasteiger partial charge in [0.15, 0.2) is 0 Å². The number of rotatable bonds is 3. The molecule has 0 saturated carbocycles. The van der Waals surface area contributed by atoms with Crippen molar-refractivity contribution in [1.82, 2.24) is 0 Å². The number of ether oxygens (including phenoxy) is 1. The van der Waals surface area contributed by atoms with Crippen molar-refractivity contribution in [1.29, 1.82) is 0 Å². The molecule has 0 atom stereocenters. The van der Waals surface area contributed by atoms with Crippen molar-refractivity contribution in [3.05, 3.63) is 62.6 Å². The standard InChI is InChI=1S/C13H11BrO3/c1-9-13(12(15)6-7-16-9)17-8-10-2-4-11(14)5-3-10/h2-7H,8H2,1H3. The number of hydrogen-bond acceptors (Lipinski definition) is 3. The van der Waals surface area contributed by atoms with Gasteiger partial charge in [-0.25, -0.2) is 0 Å². The molecular weight excluding hydrogens is 284 g/mol. The number of halogens is 1. The summed E-state index contributed by atoms with van der Waals surface area (Å²) in [6, 6.07) is 9.08. The van der Waals surface area contributed by atoms with E-state index in [0.717, 1.165) is 10.0 Å². The zero-order valence-corrected chi connectivity index (χ0v) is 10.9. The van der Waals surface area contributed by atoms with Crippen LogP contribution in [0.25, 0.3) is 0 Å². The average molecular weight is 295 g/mol. The molecule has 0 aliphatic rings. The number of aryl methyl sites for hydroxylation is 1. The van der Waals surface area contributed by atoms with E-state index in [0.29, 0.717) is 12.4 Å². The van der Waals surface area contributed by atoms with Gasteiger partial charge >= 0.3 is 0 Å². The quantitative estimate of drug-likeness (QED) is 0.872. The monoisotopic (exact) mass is 294 g/mol. The maximum Gasteiger partial charge on any atom is 0.227 e. The minimum atomic E-state index is -0.161. The third-order valence-corrected chi connectivity index (χ3v) is 2.83. The largest absolute Gasteiger partial charge is 0.482 e. The molecule has 1 aromatic carbocycles. The lowest BCUT2D eigenvalue weighted by atomic mass is 10.2. The first-order valence-electron chi connectivity index (χ1n) is 5.12. The molecule has 0 N–H and O–H groups in total. The van der Waals surface area contributed by atoms with E-state index in [2.05, 4.69) is 15.9 Å². The Bertz CT molecular complexity index is 558. The zero-order valence-electron chi connectivity index (χ0n) is 9.27. The summed E-state index contributed by atoms with van der Waals surface area (Å²) in [7, 11) is 0. The summed E-state index contributed by atoms with van der Waals surface area (Å²) in [5.41, 5.74) is 0.835. The molecule has 1 heterocycles. The van der Waals surface area contributed by atoms with Crippen molar-refractivity contribution in [2.45, 2.75) is 13.5 Å². The summed E-state index contributed by atoms with van der Waals surface area (Å²) >= 11 is 3.36. The van der Waals surface area contributed by atoms with E-state index in [1.807, 2.05) is 24.3 Å². The van der Waals surface area contributed by atoms with Gasteiger partial charge in [-0.1, -0.05) is 28.1 Å². The first kappa shape index (κ1) is 11.9. The highest BCUT2D eigenvalue weighted by atomic mass is 79.9. The van der Waals surface area contributed by atoms with Crippen LogP contribution in [-0.2, 0) is 6.61 Å². The van der Waals surface area contributed by atoms with Gasteiger partial charge in [0.1, 0.15) is 12.4 Å². The van der Waals surface area contributed by atoms with Crippen LogP contribution in [0.4, 0.5) is 0 Å². The van der Waals surface area contributed by atoms with Crippen LogP contribution in [0.15, 0.2) is 50.3 Å². The van der Waals surface area contributed by atoms with E-state index in [9.17, 15) is 4.79 Å². The van der Waals surface area contributed by atoms with Crippen molar-refractivity contribution >= 4 is 15.9 Å². The second-order valence-corrected chi connectivity index (χ2v) is 4.50. The summed E-state index contributed by atoms with van der Waals surface area (Å²) in [6.07, 6.45) is 1.37. The summed E-state index contributed by atoms with van der Waals surface area (Å²) in [6.45, 7) is 2.06. The van der Waals surface area contributed by atoms with Crippen molar-refractivity contribution < 1.29 is 9.15 Å². The lowest BCUT2D eigenvalue weighted by Crippen LogP contribution is -2.08. The first-order valence-corrected chi connectivity index (χ1v) is 5.92. The van der Waals surface area contributed by atoms with Crippen molar-refractivity contribution in [3.63, 3.8) is 0 Å². The van der Waals surface area contributed by atoms with Crippen LogP contribution < -0.4 is 10.2 Å². The maximum atomic E-state index is 11.5. The molecule has 0 aliphatic carbocycles. The van der Waals surface area contributed by atoms with E-state index in [-0.39, 0.29) is 11.2 Å². The van der Waals surface area contributed by atoms with Crippen LogP contribution in [0.3, 0.4) is 0 Å². The normalized spacial score (nSPS) is 10.2. The van der Waals surface area contributed by atoms with Crippen LogP contribution in [0.2, 0.25) is 0 Å². The van der Waals surface area contributed by atoms with Crippen molar-refractivity contribution in [3.8, 4) is 5.75 Å². The lowest BCUT2D eigenvalue weighted by molar-refractivity contribution is 0.286. The second-order valence-electron chi connectivity index (χ2n) is 3.59. The molecule has 17 heavy (non-hydrogen) atoms. The van der Waals surface area contributed by atoms with Crippen molar-refractivity contribution in [2.75, 3.05) is 0 Å². The van der Waals surface area contributed by atoms with E-state index in [1.54, 1.807) is 6.92 Å². The molecule has 0 saturated heterocycles. The Morgan fingerprint density at radius 1 is 1.24 bits per heavy atom. The Balaban J connectivity index is 2.12. The van der Waals surface area contributed by atoms with Gasteiger partial charge in [-0.2, -0.15) is 0 Å². The Labute approximate surface area is 107 Å². The van der Waals surface area contributed by atoms with Crippen LogP contribution >= 0.6 is 15.9 Å². The molecule has 4 heteroatoms. The molecular formula is C13H11BrO3. The molecule has 2 rings (SSSR count). The Kier molecular flexibility index (Phi) is 3.64. The van der Waals surface area contributed by atoms with Crippen LogP contribution in [0.1, 0.15) is 11.3 Å². The predicted molar refractivity (Wildman–Crippen MR) is 68.2 cm³/mol. The molecule has 0 aliphatic heterocycles. The van der Waals surface area contributed by atoms with Crippen LogP contribution in [0.5, 0.6) is 5.75 Å². The summed E-state index contributed by atoms with van der Waals surface area (Å²) in [5.74, 6) is 0.769. The summed E-state index contributed by atoms with van der Waals surface area (Å²) < 4.78 is 11.6. The first-order chi connectivity index (χ1) is 8.16. The van der Waals surface area contributed by atoms with Gasteiger partial charge in [-0.3, -0.25) is 4.79 Å². The molecule has 88 valence electrons. The van der Waals surface area contributed by atoms with Gasteiger partial charge in [0, 0.05) is 10.5 Å². The topological polar surface area (TPSA) is 39.4 Å². The third-order valence-electron chi connectivity index (χ3n) is 2.30. The van der Waals surface area contributed by atoms with E-state index >= 15 is 0 Å². The molecule has 0 spiro atoms. The molecule has 0 fully saturated rings. The SMILES string of the molecule is Cc1occc(=O)c1OCc1ccc(Br)cc1. The van der Waals surface area contributed by atoms with E-state index in [1.165, 1.54) is 12.3 Å². The van der Waals surface area contributed by atoms with Crippen LogP contribution in [0, 0.1) is 6.92 Å². The van der Waals surface area contributed by atoms with Gasteiger partial charge in [0.2, 0.25) is 11.2 Å². The van der Waals surface area contributed by atoms with E-state index < -0.39 is 0 Å². The average Bonchev–Trinajstić information content (AvgIpc) is 2.31. The highest BCUT2D eigenvalue weighted by Crippen LogP contribution is 2.15. The van der Waals surface area contributed by atoms with Gasteiger partial charge in [0.25, 0.3) is 0 Å². The van der Waals surface area contributed by atoms with Gasteiger partial charge in [0.05, 0.1) is 6.26 Å². The fraction of sp³-hybridized carbons (Fsp3) is 0.154. The third kappa shape index (κ3) is 2.97. The number of hydrogen-bond donors (Lipinski definition) is 0. The van der Waals surface area contributed by atoms with Gasteiger partial charge < -0.3 is 9.15 Å².